The molecule has 2 N–H and O–H groups in total. The Morgan fingerprint density at radius 2 is 2.00 bits per heavy atom. The fourth-order valence-electron chi connectivity index (χ4n) is 2.42. The van der Waals surface area contributed by atoms with Gasteiger partial charge in [-0.25, -0.2) is 4.79 Å². The standard InChI is InChI=1S/C13H25N3O3/c1-12(2,3)19-11(17)15-8-13(9-18-10-13)16-6-4-14-5-7-16/h14H,4-10H2,1-3H3,(H,15,17). The summed E-state index contributed by atoms with van der Waals surface area (Å²) in [4.78, 5) is 14.1. The van der Waals surface area contributed by atoms with Crippen LogP contribution in [0.1, 0.15) is 20.8 Å². The predicted octanol–water partition coefficient (Wildman–Crippen LogP) is 0.185. The number of carbonyl (C=O) groups is 1. The van der Waals surface area contributed by atoms with Gasteiger partial charge in [-0.15, -0.1) is 0 Å². The van der Waals surface area contributed by atoms with E-state index in [2.05, 4.69) is 15.5 Å². The van der Waals surface area contributed by atoms with Crippen molar-refractivity contribution in [2.45, 2.75) is 31.9 Å². The molecule has 2 fully saturated rings. The van der Waals surface area contributed by atoms with E-state index in [0.29, 0.717) is 19.8 Å². The first-order chi connectivity index (χ1) is 8.91. The molecule has 110 valence electrons. The van der Waals surface area contributed by atoms with Gasteiger partial charge in [0.05, 0.1) is 18.8 Å². The summed E-state index contributed by atoms with van der Waals surface area (Å²) in [5, 5.41) is 6.21. The summed E-state index contributed by atoms with van der Waals surface area (Å²) >= 11 is 0. The maximum atomic E-state index is 11.7. The van der Waals surface area contributed by atoms with Gasteiger partial charge in [0.2, 0.25) is 0 Å². The van der Waals surface area contributed by atoms with Crippen molar-refractivity contribution in [1.82, 2.24) is 15.5 Å². The first-order valence-electron chi connectivity index (χ1n) is 6.92. The fourth-order valence-corrected chi connectivity index (χ4v) is 2.42. The topological polar surface area (TPSA) is 62.8 Å². The summed E-state index contributed by atoms with van der Waals surface area (Å²) in [6.45, 7) is 11.5. The van der Waals surface area contributed by atoms with Gasteiger partial charge in [-0.1, -0.05) is 0 Å². The first-order valence-corrected chi connectivity index (χ1v) is 6.92. The van der Waals surface area contributed by atoms with Gasteiger partial charge in [0, 0.05) is 32.7 Å². The normalized spacial score (nSPS) is 23.5. The molecule has 2 aliphatic heterocycles. The third kappa shape index (κ3) is 3.81. The van der Waals surface area contributed by atoms with Gasteiger partial charge in [0.1, 0.15) is 5.60 Å². The molecular weight excluding hydrogens is 246 g/mol. The molecule has 0 unspecified atom stereocenters. The Labute approximate surface area is 114 Å². The molecule has 0 radical (unpaired) electrons. The van der Waals surface area contributed by atoms with E-state index in [1.54, 1.807) is 0 Å². The summed E-state index contributed by atoms with van der Waals surface area (Å²) in [5.41, 5.74) is -0.499. The van der Waals surface area contributed by atoms with E-state index in [1.165, 1.54) is 0 Å². The van der Waals surface area contributed by atoms with Crippen LogP contribution in [0, 0.1) is 0 Å². The molecule has 2 saturated heterocycles. The molecule has 19 heavy (non-hydrogen) atoms. The number of ether oxygens (including phenoxy) is 2. The zero-order valence-electron chi connectivity index (χ0n) is 12.1. The van der Waals surface area contributed by atoms with Crippen LogP contribution >= 0.6 is 0 Å². The van der Waals surface area contributed by atoms with Gasteiger partial charge in [-0.3, -0.25) is 4.90 Å². The zero-order chi connectivity index (χ0) is 13.9. The molecule has 2 heterocycles. The monoisotopic (exact) mass is 271 g/mol. The molecule has 6 heteroatoms. The Bertz CT molecular complexity index is 318. The van der Waals surface area contributed by atoms with E-state index in [-0.39, 0.29) is 11.6 Å². The smallest absolute Gasteiger partial charge is 0.407 e. The zero-order valence-corrected chi connectivity index (χ0v) is 12.1. The minimum atomic E-state index is -0.456. The number of alkyl carbamates (subject to hydrolysis) is 1. The molecule has 0 aromatic carbocycles. The third-order valence-electron chi connectivity index (χ3n) is 3.49. The Balaban J connectivity index is 1.83. The summed E-state index contributed by atoms with van der Waals surface area (Å²) < 4.78 is 10.6. The minimum Gasteiger partial charge on any atom is -0.444 e. The quantitative estimate of drug-likeness (QED) is 0.767. The molecule has 0 aliphatic carbocycles. The van der Waals surface area contributed by atoms with Crippen LogP contribution in [0.2, 0.25) is 0 Å². The largest absolute Gasteiger partial charge is 0.444 e. The van der Waals surface area contributed by atoms with E-state index in [0.717, 1.165) is 26.2 Å². The highest BCUT2D eigenvalue weighted by Crippen LogP contribution is 2.25. The number of amides is 1. The second kappa shape index (κ2) is 5.64. The average molecular weight is 271 g/mol. The maximum absolute atomic E-state index is 11.7. The van der Waals surface area contributed by atoms with Crippen molar-refractivity contribution in [1.29, 1.82) is 0 Å². The van der Waals surface area contributed by atoms with Crippen LogP contribution < -0.4 is 10.6 Å². The van der Waals surface area contributed by atoms with Gasteiger partial charge in [0.25, 0.3) is 0 Å². The molecule has 0 spiro atoms. The number of piperazine rings is 1. The highest BCUT2D eigenvalue weighted by atomic mass is 16.6. The molecule has 0 bridgehead atoms. The number of nitrogens with one attached hydrogen (secondary N) is 2. The van der Waals surface area contributed by atoms with E-state index >= 15 is 0 Å². The summed E-state index contributed by atoms with van der Waals surface area (Å²) in [6.07, 6.45) is -0.353. The lowest BCUT2D eigenvalue weighted by molar-refractivity contribution is -0.141. The van der Waals surface area contributed by atoms with Crippen LogP contribution in [0.15, 0.2) is 0 Å². The van der Waals surface area contributed by atoms with E-state index in [1.807, 2.05) is 20.8 Å². The Kier molecular flexibility index (Phi) is 4.32. The first kappa shape index (κ1) is 14.6. The predicted molar refractivity (Wildman–Crippen MR) is 72.2 cm³/mol. The SMILES string of the molecule is CC(C)(C)OC(=O)NCC1(N2CCNCC2)COC1. The summed E-state index contributed by atoms with van der Waals surface area (Å²) in [7, 11) is 0. The third-order valence-corrected chi connectivity index (χ3v) is 3.49. The van der Waals surface area contributed by atoms with Crippen LogP contribution in [0.3, 0.4) is 0 Å². The second-order valence-corrected chi connectivity index (χ2v) is 6.31. The lowest BCUT2D eigenvalue weighted by Gasteiger charge is -2.51. The average Bonchev–Trinajstić information content (AvgIpc) is 2.26. The maximum Gasteiger partial charge on any atom is 0.407 e. The molecular formula is C13H25N3O3. The van der Waals surface area contributed by atoms with E-state index in [9.17, 15) is 4.79 Å². The van der Waals surface area contributed by atoms with Crippen molar-refractivity contribution < 1.29 is 14.3 Å². The van der Waals surface area contributed by atoms with Crippen LogP contribution in [0.5, 0.6) is 0 Å². The van der Waals surface area contributed by atoms with E-state index in [4.69, 9.17) is 9.47 Å². The van der Waals surface area contributed by atoms with Gasteiger partial charge in [0.15, 0.2) is 0 Å². The molecule has 0 aromatic rings. The molecule has 0 atom stereocenters. The van der Waals surface area contributed by atoms with Gasteiger partial charge < -0.3 is 20.1 Å². The number of hydrogen-bond donors (Lipinski definition) is 2. The molecule has 6 nitrogen and oxygen atoms in total. The lowest BCUT2D eigenvalue weighted by atomic mass is 9.94. The van der Waals surface area contributed by atoms with Crippen molar-refractivity contribution in [3.05, 3.63) is 0 Å². The van der Waals surface area contributed by atoms with E-state index < -0.39 is 5.60 Å². The van der Waals surface area contributed by atoms with Crippen molar-refractivity contribution in [3.63, 3.8) is 0 Å². The van der Waals surface area contributed by atoms with Gasteiger partial charge in [-0.05, 0) is 20.8 Å². The van der Waals surface area contributed by atoms with Crippen LogP contribution in [0.4, 0.5) is 4.79 Å². The van der Waals surface area contributed by atoms with Crippen molar-refractivity contribution in [2.75, 3.05) is 45.9 Å². The van der Waals surface area contributed by atoms with Crippen LogP contribution in [-0.4, -0.2) is 68.1 Å². The fraction of sp³-hybridized carbons (Fsp3) is 0.923. The Hall–Kier alpha value is -0.850. The van der Waals surface area contributed by atoms with Gasteiger partial charge in [-0.2, -0.15) is 0 Å². The van der Waals surface area contributed by atoms with Crippen molar-refractivity contribution in [2.24, 2.45) is 0 Å². The molecule has 2 rings (SSSR count). The molecule has 0 aromatic heterocycles. The lowest BCUT2D eigenvalue weighted by Crippen LogP contribution is -2.70. The number of rotatable bonds is 3. The Morgan fingerprint density at radius 1 is 1.37 bits per heavy atom. The number of carbonyl (C=O) groups excluding carboxylic acids is 1. The number of nitrogens with zero attached hydrogens (tertiary/aromatic N) is 1. The second-order valence-electron chi connectivity index (χ2n) is 6.31. The van der Waals surface area contributed by atoms with Gasteiger partial charge >= 0.3 is 6.09 Å². The van der Waals surface area contributed by atoms with Crippen LogP contribution in [0.25, 0.3) is 0 Å². The summed E-state index contributed by atoms with van der Waals surface area (Å²) in [5.74, 6) is 0. The molecule has 1 amide bonds. The molecule has 0 saturated carbocycles. The van der Waals surface area contributed by atoms with Crippen molar-refractivity contribution >= 4 is 6.09 Å². The van der Waals surface area contributed by atoms with Crippen molar-refractivity contribution in [3.8, 4) is 0 Å². The Morgan fingerprint density at radius 3 is 2.47 bits per heavy atom. The highest BCUT2D eigenvalue weighted by molar-refractivity contribution is 5.67. The van der Waals surface area contributed by atoms with Crippen LogP contribution in [-0.2, 0) is 9.47 Å². The number of hydrogen-bond acceptors (Lipinski definition) is 5. The minimum absolute atomic E-state index is 0.0427. The molecule has 2 aliphatic rings. The highest BCUT2D eigenvalue weighted by Gasteiger charge is 2.44. The summed E-state index contributed by atoms with van der Waals surface area (Å²) in [6, 6.07) is 0.